The van der Waals surface area contributed by atoms with Crippen molar-refractivity contribution in [1.29, 1.82) is 5.41 Å². The van der Waals surface area contributed by atoms with Crippen molar-refractivity contribution in [1.82, 2.24) is 9.88 Å². The summed E-state index contributed by atoms with van der Waals surface area (Å²) in [5, 5.41) is 8.39. The van der Waals surface area contributed by atoms with Gasteiger partial charge in [0.1, 0.15) is 0 Å². The summed E-state index contributed by atoms with van der Waals surface area (Å²) < 4.78 is 0. The summed E-state index contributed by atoms with van der Waals surface area (Å²) in [7, 11) is 0. The molecule has 0 radical (unpaired) electrons. The summed E-state index contributed by atoms with van der Waals surface area (Å²) in [5.41, 5.74) is 5.94. The molecule has 3 nitrogen and oxygen atoms in total. The molecule has 1 N–H and O–H groups in total. The second kappa shape index (κ2) is 7.71. The monoisotopic (exact) mass is 349 g/mol. The lowest BCUT2D eigenvalue weighted by molar-refractivity contribution is 0.220. The van der Waals surface area contributed by atoms with Crippen molar-refractivity contribution >= 4 is 5.71 Å². The minimum atomic E-state index is -0.124. The molecule has 1 saturated heterocycles. The van der Waals surface area contributed by atoms with Gasteiger partial charge in [-0.25, -0.2) is 0 Å². The Morgan fingerprint density at radius 1 is 1.27 bits per heavy atom. The summed E-state index contributed by atoms with van der Waals surface area (Å²) in [6.07, 6.45) is 13.4. The highest BCUT2D eigenvalue weighted by molar-refractivity contribution is 6.12. The van der Waals surface area contributed by atoms with Gasteiger partial charge in [0.2, 0.25) is 0 Å². The van der Waals surface area contributed by atoms with E-state index in [-0.39, 0.29) is 5.41 Å². The van der Waals surface area contributed by atoms with Crippen molar-refractivity contribution < 1.29 is 0 Å². The molecule has 1 aromatic rings. The first-order valence-electron chi connectivity index (χ1n) is 9.70. The van der Waals surface area contributed by atoms with Crippen LogP contribution < -0.4 is 0 Å². The summed E-state index contributed by atoms with van der Waals surface area (Å²) in [5.74, 6) is 0. The van der Waals surface area contributed by atoms with E-state index in [9.17, 15) is 0 Å². The maximum absolute atomic E-state index is 8.39. The summed E-state index contributed by atoms with van der Waals surface area (Å²) in [6, 6.07) is 2.31. The largest absolute Gasteiger partial charge is 0.300 e. The van der Waals surface area contributed by atoms with E-state index in [1.54, 1.807) is 0 Å². The van der Waals surface area contributed by atoms with E-state index in [1.165, 1.54) is 49.1 Å². The molecule has 3 heteroatoms. The molecule has 2 aliphatic rings. The number of aromatic nitrogens is 1. The zero-order chi connectivity index (χ0) is 18.7. The Hall–Kier alpha value is -2.00. The third kappa shape index (κ3) is 4.04. The van der Waals surface area contributed by atoms with Gasteiger partial charge < -0.3 is 5.41 Å². The van der Waals surface area contributed by atoms with Crippen LogP contribution in [0, 0.1) is 5.41 Å². The van der Waals surface area contributed by atoms with Crippen LogP contribution in [0.4, 0.5) is 0 Å². The maximum Gasteiger partial charge on any atom is 0.0635 e. The Balaban J connectivity index is 1.86. The van der Waals surface area contributed by atoms with Crippen LogP contribution in [0.25, 0.3) is 0 Å². The van der Waals surface area contributed by atoms with Crippen molar-refractivity contribution in [2.24, 2.45) is 0 Å². The maximum atomic E-state index is 8.39. The van der Waals surface area contributed by atoms with E-state index in [0.717, 1.165) is 24.1 Å². The fourth-order valence-corrected chi connectivity index (χ4v) is 3.93. The van der Waals surface area contributed by atoms with Crippen LogP contribution in [0.1, 0.15) is 57.6 Å². The zero-order valence-corrected chi connectivity index (χ0v) is 16.4. The van der Waals surface area contributed by atoms with Gasteiger partial charge in [-0.2, -0.15) is 0 Å². The SMILES string of the molecule is C=C(C)C(=N)C1=CC(C)(c2cncc(CN3CCCCC3)c2)CC=C1C. The van der Waals surface area contributed by atoms with Crippen LogP contribution in [0.15, 0.2) is 53.9 Å². The third-order valence-electron chi connectivity index (χ3n) is 5.73. The number of nitrogens with zero attached hydrogens (tertiary/aromatic N) is 2. The predicted molar refractivity (Wildman–Crippen MR) is 110 cm³/mol. The molecule has 0 bridgehead atoms. The van der Waals surface area contributed by atoms with Gasteiger partial charge in [-0.3, -0.25) is 9.88 Å². The highest BCUT2D eigenvalue weighted by Gasteiger charge is 2.29. The molecule has 26 heavy (non-hydrogen) atoms. The van der Waals surface area contributed by atoms with E-state index >= 15 is 0 Å². The van der Waals surface area contributed by atoms with Gasteiger partial charge in [-0.05, 0) is 74.0 Å². The van der Waals surface area contributed by atoms with Crippen molar-refractivity contribution in [3.05, 3.63) is 65.0 Å². The van der Waals surface area contributed by atoms with Gasteiger partial charge in [0, 0.05) is 24.4 Å². The van der Waals surface area contributed by atoms with Crippen molar-refractivity contribution in [3.63, 3.8) is 0 Å². The molecule has 1 aliphatic heterocycles. The predicted octanol–water partition coefficient (Wildman–Crippen LogP) is 5.20. The molecular weight excluding hydrogens is 318 g/mol. The van der Waals surface area contributed by atoms with E-state index in [4.69, 9.17) is 5.41 Å². The van der Waals surface area contributed by atoms with Gasteiger partial charge in [-0.1, -0.05) is 38.1 Å². The molecule has 1 aromatic heterocycles. The average molecular weight is 350 g/mol. The van der Waals surface area contributed by atoms with E-state index in [1.807, 2.05) is 19.3 Å². The quantitative estimate of drug-likeness (QED) is 0.742. The molecule has 0 amide bonds. The number of piperidine rings is 1. The van der Waals surface area contributed by atoms with E-state index in [2.05, 4.69) is 48.5 Å². The Bertz CT molecular complexity index is 765. The van der Waals surface area contributed by atoms with Gasteiger partial charge in [0.05, 0.1) is 5.71 Å². The highest BCUT2D eigenvalue weighted by atomic mass is 15.1. The second-order valence-electron chi connectivity index (χ2n) is 8.14. The smallest absolute Gasteiger partial charge is 0.0635 e. The number of hydrogen-bond acceptors (Lipinski definition) is 3. The first-order valence-corrected chi connectivity index (χ1v) is 9.70. The third-order valence-corrected chi connectivity index (χ3v) is 5.73. The lowest BCUT2D eigenvalue weighted by atomic mass is 9.73. The van der Waals surface area contributed by atoms with Gasteiger partial charge in [0.25, 0.3) is 0 Å². The van der Waals surface area contributed by atoms with Gasteiger partial charge in [-0.15, -0.1) is 0 Å². The van der Waals surface area contributed by atoms with Crippen LogP contribution in [-0.4, -0.2) is 28.7 Å². The molecular formula is C23H31N3. The molecule has 0 saturated carbocycles. The van der Waals surface area contributed by atoms with E-state index < -0.39 is 0 Å². The standard InChI is InChI=1S/C23H31N3/c1-17(2)22(24)21-13-23(4,9-8-18(21)3)20-12-19(14-25-15-20)16-26-10-6-5-7-11-26/h8,12-15,24H,1,5-7,9-11,16H2,2-4H3. The molecule has 1 fully saturated rings. The fourth-order valence-electron chi connectivity index (χ4n) is 3.93. The number of rotatable bonds is 5. The van der Waals surface area contributed by atoms with Crippen molar-refractivity contribution in [2.75, 3.05) is 13.1 Å². The summed E-state index contributed by atoms with van der Waals surface area (Å²) >= 11 is 0. The summed E-state index contributed by atoms with van der Waals surface area (Å²) in [4.78, 5) is 7.08. The molecule has 138 valence electrons. The van der Waals surface area contributed by atoms with Crippen LogP contribution in [-0.2, 0) is 12.0 Å². The Labute approximate surface area is 158 Å². The molecule has 1 unspecified atom stereocenters. The van der Waals surface area contributed by atoms with Crippen LogP contribution in [0.2, 0.25) is 0 Å². The molecule has 1 aliphatic carbocycles. The first-order chi connectivity index (χ1) is 12.4. The van der Waals surface area contributed by atoms with Gasteiger partial charge >= 0.3 is 0 Å². The van der Waals surface area contributed by atoms with Crippen LogP contribution in [0.3, 0.4) is 0 Å². The van der Waals surface area contributed by atoms with Crippen LogP contribution >= 0.6 is 0 Å². The van der Waals surface area contributed by atoms with Crippen molar-refractivity contribution in [2.45, 2.75) is 58.4 Å². The lowest BCUT2D eigenvalue weighted by Crippen LogP contribution is -2.29. The van der Waals surface area contributed by atoms with E-state index in [0.29, 0.717) is 5.71 Å². The number of pyridine rings is 1. The first kappa shape index (κ1) is 18.8. The Morgan fingerprint density at radius 3 is 2.69 bits per heavy atom. The molecule has 3 rings (SSSR count). The lowest BCUT2D eigenvalue weighted by Gasteiger charge is -2.32. The summed E-state index contributed by atoms with van der Waals surface area (Å²) in [6.45, 7) is 13.6. The topological polar surface area (TPSA) is 40.0 Å². The number of allylic oxidation sites excluding steroid dienone is 5. The molecule has 2 heterocycles. The Morgan fingerprint density at radius 2 is 2.00 bits per heavy atom. The number of hydrogen-bond donors (Lipinski definition) is 1. The molecule has 1 atom stereocenters. The minimum Gasteiger partial charge on any atom is -0.300 e. The number of nitrogens with one attached hydrogen (secondary N) is 1. The number of likely N-dealkylation sites (tertiary alicyclic amines) is 1. The van der Waals surface area contributed by atoms with Crippen LogP contribution in [0.5, 0.6) is 0 Å². The minimum absolute atomic E-state index is 0.124. The fraction of sp³-hybridized carbons (Fsp3) is 0.478. The van der Waals surface area contributed by atoms with Crippen molar-refractivity contribution in [3.8, 4) is 0 Å². The molecule has 0 aromatic carbocycles. The second-order valence-corrected chi connectivity index (χ2v) is 8.14. The van der Waals surface area contributed by atoms with Gasteiger partial charge in [0.15, 0.2) is 0 Å². The molecule has 0 spiro atoms. The average Bonchev–Trinajstić information content (AvgIpc) is 2.64. The normalized spacial score (nSPS) is 24.0. The zero-order valence-electron chi connectivity index (χ0n) is 16.4. The Kier molecular flexibility index (Phi) is 5.57. The highest BCUT2D eigenvalue weighted by Crippen LogP contribution is 2.37.